The minimum Gasteiger partial charge on any atom is -0.507 e. The maximum Gasteiger partial charge on any atom is 0.124 e. The van der Waals surface area contributed by atoms with Crippen LogP contribution in [0.4, 0.5) is 0 Å². The molecule has 16 heavy (non-hydrogen) atoms. The zero-order valence-electron chi connectivity index (χ0n) is 8.85. The van der Waals surface area contributed by atoms with E-state index in [1.165, 1.54) is 0 Å². The Hall–Kier alpha value is -2.09. The summed E-state index contributed by atoms with van der Waals surface area (Å²) in [4.78, 5) is 0. The van der Waals surface area contributed by atoms with Gasteiger partial charge >= 0.3 is 0 Å². The highest BCUT2D eigenvalue weighted by molar-refractivity contribution is 6.01. The first-order valence-electron chi connectivity index (χ1n) is 5.17. The van der Waals surface area contributed by atoms with Crippen LogP contribution < -0.4 is 0 Å². The van der Waals surface area contributed by atoms with Crippen LogP contribution in [0.25, 0.3) is 0 Å². The van der Waals surface area contributed by atoms with Crippen LogP contribution in [0.5, 0.6) is 5.75 Å². The van der Waals surface area contributed by atoms with Gasteiger partial charge in [0.1, 0.15) is 5.75 Å². The van der Waals surface area contributed by atoms with Gasteiger partial charge in [-0.3, -0.25) is 0 Å². The van der Waals surface area contributed by atoms with Crippen LogP contribution in [0.1, 0.15) is 11.1 Å². The third kappa shape index (κ3) is 2.28. The van der Waals surface area contributed by atoms with Crippen LogP contribution in [-0.4, -0.2) is 10.8 Å². The lowest BCUT2D eigenvalue weighted by atomic mass is 10.0. The summed E-state index contributed by atoms with van der Waals surface area (Å²) in [6, 6.07) is 16.8. The van der Waals surface area contributed by atoms with Crippen LogP contribution in [-0.2, 0) is 6.42 Å². The SMILES string of the molecule is N=C(Cc1ccccc1)c1ccccc1O. The molecule has 2 rings (SSSR count). The Morgan fingerprint density at radius 1 is 0.938 bits per heavy atom. The lowest BCUT2D eigenvalue weighted by molar-refractivity contribution is 0.474. The van der Waals surface area contributed by atoms with E-state index < -0.39 is 0 Å². The summed E-state index contributed by atoms with van der Waals surface area (Å²) in [5.74, 6) is 0.170. The molecule has 2 heteroatoms. The van der Waals surface area contributed by atoms with E-state index in [1.54, 1.807) is 18.2 Å². The molecule has 2 nitrogen and oxygen atoms in total. The number of hydrogen-bond donors (Lipinski definition) is 2. The minimum absolute atomic E-state index is 0.170. The lowest BCUT2D eigenvalue weighted by Gasteiger charge is -2.06. The molecule has 0 aliphatic rings. The molecule has 0 aliphatic carbocycles. The van der Waals surface area contributed by atoms with E-state index in [4.69, 9.17) is 5.41 Å². The maximum atomic E-state index is 9.62. The molecule has 0 atom stereocenters. The molecule has 0 spiro atoms. The largest absolute Gasteiger partial charge is 0.507 e. The number of benzene rings is 2. The first-order chi connectivity index (χ1) is 7.77. The normalized spacial score (nSPS) is 10.0. The molecule has 0 heterocycles. The Morgan fingerprint density at radius 2 is 1.56 bits per heavy atom. The van der Waals surface area contributed by atoms with Crippen molar-refractivity contribution in [1.29, 1.82) is 5.41 Å². The molecule has 0 fully saturated rings. The molecule has 2 aromatic rings. The molecule has 0 aromatic heterocycles. The van der Waals surface area contributed by atoms with E-state index in [2.05, 4.69) is 0 Å². The molecule has 0 aliphatic heterocycles. The maximum absolute atomic E-state index is 9.62. The molecular weight excluding hydrogens is 198 g/mol. The van der Waals surface area contributed by atoms with Crippen molar-refractivity contribution < 1.29 is 5.11 Å². The smallest absolute Gasteiger partial charge is 0.124 e. The summed E-state index contributed by atoms with van der Waals surface area (Å²) < 4.78 is 0. The Balaban J connectivity index is 2.19. The van der Waals surface area contributed by atoms with Crippen LogP contribution >= 0.6 is 0 Å². The minimum atomic E-state index is 0.170. The van der Waals surface area contributed by atoms with Gasteiger partial charge in [0.2, 0.25) is 0 Å². The van der Waals surface area contributed by atoms with E-state index in [9.17, 15) is 5.11 Å². The Morgan fingerprint density at radius 3 is 2.25 bits per heavy atom. The van der Waals surface area contributed by atoms with Gasteiger partial charge in [0.05, 0.1) is 0 Å². The quantitative estimate of drug-likeness (QED) is 0.753. The van der Waals surface area contributed by atoms with Crippen molar-refractivity contribution >= 4 is 5.71 Å². The summed E-state index contributed by atoms with van der Waals surface area (Å²) in [5, 5.41) is 17.6. The monoisotopic (exact) mass is 211 g/mol. The van der Waals surface area contributed by atoms with Gasteiger partial charge in [-0.25, -0.2) is 0 Å². The van der Waals surface area contributed by atoms with Crippen LogP contribution in [0, 0.1) is 5.41 Å². The number of para-hydroxylation sites is 1. The lowest BCUT2D eigenvalue weighted by Crippen LogP contribution is -2.03. The van der Waals surface area contributed by atoms with Gasteiger partial charge in [-0.05, 0) is 17.7 Å². The number of phenols is 1. The predicted octanol–water partition coefficient (Wildman–Crippen LogP) is 3.00. The fourth-order valence-corrected chi connectivity index (χ4v) is 1.62. The van der Waals surface area contributed by atoms with Gasteiger partial charge in [-0.1, -0.05) is 42.5 Å². The molecule has 80 valence electrons. The number of hydrogen-bond acceptors (Lipinski definition) is 2. The molecule has 2 aromatic carbocycles. The number of nitrogens with one attached hydrogen (secondary N) is 1. The average molecular weight is 211 g/mol. The van der Waals surface area contributed by atoms with Crippen molar-refractivity contribution in [3.63, 3.8) is 0 Å². The molecule has 0 amide bonds. The second kappa shape index (κ2) is 4.62. The highest BCUT2D eigenvalue weighted by atomic mass is 16.3. The Kier molecular flexibility index (Phi) is 3.01. The highest BCUT2D eigenvalue weighted by Crippen LogP contribution is 2.17. The number of rotatable bonds is 3. The number of phenolic OH excluding ortho intramolecular Hbond substituents is 1. The van der Waals surface area contributed by atoms with Crippen LogP contribution in [0.2, 0.25) is 0 Å². The van der Waals surface area contributed by atoms with Crippen LogP contribution in [0.15, 0.2) is 54.6 Å². The van der Waals surface area contributed by atoms with E-state index >= 15 is 0 Å². The molecule has 0 radical (unpaired) electrons. The summed E-state index contributed by atoms with van der Waals surface area (Å²) in [7, 11) is 0. The summed E-state index contributed by atoms with van der Waals surface area (Å²) in [6.45, 7) is 0. The van der Waals surface area contributed by atoms with Crippen molar-refractivity contribution in [2.75, 3.05) is 0 Å². The molecule has 0 saturated carbocycles. The molecule has 0 saturated heterocycles. The van der Waals surface area contributed by atoms with E-state index in [1.807, 2.05) is 36.4 Å². The summed E-state index contributed by atoms with van der Waals surface area (Å²) in [6.07, 6.45) is 0.540. The molecular formula is C14H13NO. The summed E-state index contributed by atoms with van der Waals surface area (Å²) in [5.41, 5.74) is 2.12. The third-order valence-corrected chi connectivity index (χ3v) is 2.45. The van der Waals surface area contributed by atoms with Crippen LogP contribution in [0.3, 0.4) is 0 Å². The van der Waals surface area contributed by atoms with Gasteiger partial charge in [0.25, 0.3) is 0 Å². The van der Waals surface area contributed by atoms with Crippen molar-refractivity contribution in [3.05, 3.63) is 65.7 Å². The fourth-order valence-electron chi connectivity index (χ4n) is 1.62. The van der Waals surface area contributed by atoms with Crippen molar-refractivity contribution in [3.8, 4) is 5.75 Å². The van der Waals surface area contributed by atoms with E-state index in [0.29, 0.717) is 17.7 Å². The third-order valence-electron chi connectivity index (χ3n) is 2.45. The van der Waals surface area contributed by atoms with Crippen molar-refractivity contribution in [2.24, 2.45) is 0 Å². The second-order valence-electron chi connectivity index (χ2n) is 3.66. The second-order valence-corrected chi connectivity index (χ2v) is 3.66. The number of aromatic hydroxyl groups is 1. The zero-order valence-corrected chi connectivity index (χ0v) is 8.85. The van der Waals surface area contributed by atoms with Gasteiger partial charge in [-0.15, -0.1) is 0 Å². The summed E-state index contributed by atoms with van der Waals surface area (Å²) >= 11 is 0. The molecule has 0 unspecified atom stereocenters. The van der Waals surface area contributed by atoms with Crippen molar-refractivity contribution in [2.45, 2.75) is 6.42 Å². The van der Waals surface area contributed by atoms with Gasteiger partial charge < -0.3 is 10.5 Å². The first kappa shape index (κ1) is 10.4. The average Bonchev–Trinajstić information content (AvgIpc) is 2.31. The van der Waals surface area contributed by atoms with Gasteiger partial charge in [0.15, 0.2) is 0 Å². The predicted molar refractivity (Wildman–Crippen MR) is 65.1 cm³/mol. The highest BCUT2D eigenvalue weighted by Gasteiger charge is 2.06. The van der Waals surface area contributed by atoms with Crippen molar-refractivity contribution in [1.82, 2.24) is 0 Å². The zero-order chi connectivity index (χ0) is 11.4. The first-order valence-corrected chi connectivity index (χ1v) is 5.17. The van der Waals surface area contributed by atoms with Gasteiger partial charge in [0, 0.05) is 17.7 Å². The van der Waals surface area contributed by atoms with Gasteiger partial charge in [-0.2, -0.15) is 0 Å². The Bertz CT molecular complexity index is 491. The topological polar surface area (TPSA) is 44.1 Å². The Labute approximate surface area is 94.7 Å². The standard InChI is InChI=1S/C14H13NO/c15-13(10-11-6-2-1-3-7-11)12-8-4-5-9-14(12)16/h1-9,15-16H,10H2. The fraction of sp³-hybridized carbons (Fsp3) is 0.0714. The molecule has 2 N–H and O–H groups in total. The van der Waals surface area contributed by atoms with E-state index in [-0.39, 0.29) is 5.75 Å². The van der Waals surface area contributed by atoms with E-state index in [0.717, 1.165) is 5.56 Å². The molecule has 0 bridgehead atoms.